The average molecular weight is 186 g/mol. The normalized spacial score (nSPS) is 10.4. The Bertz CT molecular complexity index is 506. The Kier molecular flexibility index (Phi) is 1.93. The van der Waals surface area contributed by atoms with Crippen LogP contribution in [-0.2, 0) is 0 Å². The summed E-state index contributed by atoms with van der Waals surface area (Å²) in [6, 6.07) is 5.44. The Balaban J connectivity index is 2.88. The van der Waals surface area contributed by atoms with Crippen molar-refractivity contribution in [3.63, 3.8) is 0 Å². The summed E-state index contributed by atoms with van der Waals surface area (Å²) in [6.07, 6.45) is 3.41. The fourth-order valence-corrected chi connectivity index (χ4v) is 1.55. The zero-order valence-corrected chi connectivity index (χ0v) is 7.82. The first-order valence-electron chi connectivity index (χ1n) is 4.33. The number of aryl methyl sites for hydroxylation is 1. The SMILES string of the molecule is Cc1ccc(C(N)=O)c2ccncc12. The molecule has 70 valence electrons. The van der Waals surface area contributed by atoms with Crippen molar-refractivity contribution >= 4 is 16.7 Å². The number of nitrogens with two attached hydrogens (primary N) is 1. The van der Waals surface area contributed by atoms with Crippen LogP contribution in [0.5, 0.6) is 0 Å². The first-order valence-corrected chi connectivity index (χ1v) is 4.33. The largest absolute Gasteiger partial charge is 0.366 e. The van der Waals surface area contributed by atoms with Gasteiger partial charge < -0.3 is 5.73 Å². The predicted molar refractivity (Wildman–Crippen MR) is 55.0 cm³/mol. The van der Waals surface area contributed by atoms with E-state index in [0.29, 0.717) is 5.56 Å². The second-order valence-electron chi connectivity index (χ2n) is 3.22. The first kappa shape index (κ1) is 8.69. The molecule has 0 fully saturated rings. The molecule has 0 unspecified atom stereocenters. The van der Waals surface area contributed by atoms with E-state index in [-0.39, 0.29) is 0 Å². The topological polar surface area (TPSA) is 56.0 Å². The van der Waals surface area contributed by atoms with E-state index in [2.05, 4.69) is 4.98 Å². The number of hydrogen-bond acceptors (Lipinski definition) is 2. The van der Waals surface area contributed by atoms with Gasteiger partial charge in [-0.05, 0) is 30.0 Å². The van der Waals surface area contributed by atoms with Crippen LogP contribution in [0.2, 0.25) is 0 Å². The molecule has 0 saturated heterocycles. The van der Waals surface area contributed by atoms with Gasteiger partial charge in [0.05, 0.1) is 0 Å². The van der Waals surface area contributed by atoms with Crippen LogP contribution >= 0.6 is 0 Å². The predicted octanol–water partition coefficient (Wildman–Crippen LogP) is 1.64. The van der Waals surface area contributed by atoms with Crippen LogP contribution in [0.15, 0.2) is 30.6 Å². The van der Waals surface area contributed by atoms with Gasteiger partial charge in [-0.25, -0.2) is 0 Å². The Morgan fingerprint density at radius 1 is 1.29 bits per heavy atom. The van der Waals surface area contributed by atoms with E-state index in [9.17, 15) is 4.79 Å². The number of carbonyl (C=O) groups is 1. The number of primary amides is 1. The lowest BCUT2D eigenvalue weighted by molar-refractivity contribution is 0.100. The van der Waals surface area contributed by atoms with E-state index in [1.807, 2.05) is 19.1 Å². The zero-order chi connectivity index (χ0) is 10.1. The van der Waals surface area contributed by atoms with Crippen LogP contribution in [0, 0.1) is 6.92 Å². The third-order valence-corrected chi connectivity index (χ3v) is 2.30. The number of carbonyl (C=O) groups excluding carboxylic acids is 1. The van der Waals surface area contributed by atoms with Gasteiger partial charge in [-0.1, -0.05) is 6.07 Å². The third kappa shape index (κ3) is 1.23. The fourth-order valence-electron chi connectivity index (χ4n) is 1.55. The number of hydrogen-bond donors (Lipinski definition) is 1. The highest BCUT2D eigenvalue weighted by molar-refractivity contribution is 6.06. The van der Waals surface area contributed by atoms with Crippen molar-refractivity contribution in [2.45, 2.75) is 6.92 Å². The van der Waals surface area contributed by atoms with Gasteiger partial charge in [0.2, 0.25) is 5.91 Å². The number of nitrogens with zero attached hydrogens (tertiary/aromatic N) is 1. The maximum atomic E-state index is 11.1. The van der Waals surface area contributed by atoms with E-state index >= 15 is 0 Å². The minimum Gasteiger partial charge on any atom is -0.366 e. The van der Waals surface area contributed by atoms with Crippen LogP contribution in [-0.4, -0.2) is 10.9 Å². The van der Waals surface area contributed by atoms with E-state index in [1.54, 1.807) is 18.5 Å². The Hall–Kier alpha value is -1.90. The summed E-state index contributed by atoms with van der Waals surface area (Å²) in [5, 5.41) is 1.84. The first-order chi connectivity index (χ1) is 6.70. The lowest BCUT2D eigenvalue weighted by atomic mass is 10.0. The molecule has 0 saturated carbocycles. The van der Waals surface area contributed by atoms with Crippen molar-refractivity contribution in [1.29, 1.82) is 0 Å². The minimum absolute atomic E-state index is 0.402. The van der Waals surface area contributed by atoms with Crippen LogP contribution in [0.4, 0.5) is 0 Å². The summed E-state index contributed by atoms with van der Waals surface area (Å²) in [4.78, 5) is 15.2. The van der Waals surface area contributed by atoms with E-state index in [0.717, 1.165) is 16.3 Å². The van der Waals surface area contributed by atoms with Crippen LogP contribution in [0.25, 0.3) is 10.8 Å². The maximum absolute atomic E-state index is 11.1. The summed E-state index contributed by atoms with van der Waals surface area (Å²) < 4.78 is 0. The Morgan fingerprint density at radius 2 is 2.07 bits per heavy atom. The summed E-state index contributed by atoms with van der Waals surface area (Å²) in [7, 11) is 0. The van der Waals surface area contributed by atoms with Gasteiger partial charge in [0.25, 0.3) is 0 Å². The van der Waals surface area contributed by atoms with E-state index < -0.39 is 5.91 Å². The molecule has 14 heavy (non-hydrogen) atoms. The molecule has 0 radical (unpaired) electrons. The van der Waals surface area contributed by atoms with Crippen molar-refractivity contribution in [1.82, 2.24) is 4.98 Å². The fraction of sp³-hybridized carbons (Fsp3) is 0.0909. The van der Waals surface area contributed by atoms with Gasteiger partial charge in [0.1, 0.15) is 0 Å². The van der Waals surface area contributed by atoms with Crippen molar-refractivity contribution < 1.29 is 4.79 Å². The minimum atomic E-state index is -0.402. The number of aromatic nitrogens is 1. The summed E-state index contributed by atoms with van der Waals surface area (Å²) >= 11 is 0. The number of fused-ring (bicyclic) bond motifs is 1. The second-order valence-corrected chi connectivity index (χ2v) is 3.22. The van der Waals surface area contributed by atoms with Crippen molar-refractivity contribution in [2.24, 2.45) is 5.73 Å². The van der Waals surface area contributed by atoms with Crippen molar-refractivity contribution in [3.8, 4) is 0 Å². The van der Waals surface area contributed by atoms with Crippen molar-refractivity contribution in [3.05, 3.63) is 41.7 Å². The molecule has 2 rings (SSSR count). The van der Waals surface area contributed by atoms with Crippen molar-refractivity contribution in [2.75, 3.05) is 0 Å². The molecule has 0 aliphatic rings. The molecular weight excluding hydrogens is 176 g/mol. The average Bonchev–Trinajstić information content (AvgIpc) is 2.18. The van der Waals surface area contributed by atoms with Gasteiger partial charge in [0, 0.05) is 23.3 Å². The third-order valence-electron chi connectivity index (χ3n) is 2.30. The lowest BCUT2D eigenvalue weighted by Crippen LogP contribution is -2.11. The Morgan fingerprint density at radius 3 is 2.79 bits per heavy atom. The highest BCUT2D eigenvalue weighted by atomic mass is 16.1. The molecule has 3 nitrogen and oxygen atoms in total. The molecule has 0 bridgehead atoms. The molecule has 0 aliphatic heterocycles. The van der Waals surface area contributed by atoms with Gasteiger partial charge >= 0.3 is 0 Å². The van der Waals surface area contributed by atoms with Gasteiger partial charge in [-0.15, -0.1) is 0 Å². The molecule has 0 atom stereocenters. The van der Waals surface area contributed by atoms with Crippen LogP contribution in [0.3, 0.4) is 0 Å². The smallest absolute Gasteiger partial charge is 0.249 e. The summed E-state index contributed by atoms with van der Waals surface area (Å²) in [5.41, 5.74) is 6.92. The van der Waals surface area contributed by atoms with Crippen LogP contribution in [0.1, 0.15) is 15.9 Å². The maximum Gasteiger partial charge on any atom is 0.249 e. The molecule has 0 spiro atoms. The van der Waals surface area contributed by atoms with Gasteiger partial charge in [-0.2, -0.15) is 0 Å². The highest BCUT2D eigenvalue weighted by Crippen LogP contribution is 2.20. The molecule has 2 N–H and O–H groups in total. The van der Waals surface area contributed by atoms with E-state index in [1.165, 1.54) is 0 Å². The second kappa shape index (κ2) is 3.10. The standard InChI is InChI=1S/C11H10N2O/c1-7-2-3-9(11(12)14)8-4-5-13-6-10(7)8/h2-6H,1H3,(H2,12,14). The molecule has 1 aromatic carbocycles. The summed E-state index contributed by atoms with van der Waals surface area (Å²) in [5.74, 6) is -0.402. The zero-order valence-electron chi connectivity index (χ0n) is 7.82. The number of pyridine rings is 1. The van der Waals surface area contributed by atoms with Gasteiger partial charge in [0.15, 0.2) is 0 Å². The molecule has 1 aromatic heterocycles. The molecule has 2 aromatic rings. The number of rotatable bonds is 1. The monoisotopic (exact) mass is 186 g/mol. The molecule has 0 aliphatic carbocycles. The molecule has 1 heterocycles. The molecular formula is C11H10N2O. The summed E-state index contributed by atoms with van der Waals surface area (Å²) in [6.45, 7) is 1.98. The molecule has 3 heteroatoms. The van der Waals surface area contributed by atoms with E-state index in [4.69, 9.17) is 5.73 Å². The quantitative estimate of drug-likeness (QED) is 0.736. The molecule has 1 amide bonds. The lowest BCUT2D eigenvalue weighted by Gasteiger charge is -2.04. The number of amides is 1. The van der Waals surface area contributed by atoms with Crippen LogP contribution < -0.4 is 5.73 Å². The number of benzene rings is 1. The Labute approximate surface area is 81.6 Å². The van der Waals surface area contributed by atoms with Gasteiger partial charge in [-0.3, -0.25) is 9.78 Å². The highest BCUT2D eigenvalue weighted by Gasteiger charge is 2.07.